The molecule has 0 spiro atoms. The number of methoxy groups -OCH3 is 1. The fourth-order valence-electron chi connectivity index (χ4n) is 3.80. The van der Waals surface area contributed by atoms with Gasteiger partial charge in [-0.15, -0.1) is 0 Å². The van der Waals surface area contributed by atoms with Crippen molar-refractivity contribution >= 4 is 21.7 Å². The highest BCUT2D eigenvalue weighted by Crippen LogP contribution is 2.39. The Morgan fingerprint density at radius 3 is 2.74 bits per heavy atom. The highest BCUT2D eigenvalue weighted by molar-refractivity contribution is 9.10. The van der Waals surface area contributed by atoms with Crippen LogP contribution in [0.4, 0.5) is 5.82 Å². The zero-order chi connectivity index (χ0) is 19.0. The molecule has 0 saturated carbocycles. The maximum Gasteiger partial charge on any atom is 0.133 e. The zero-order valence-electron chi connectivity index (χ0n) is 16.0. The van der Waals surface area contributed by atoms with E-state index in [-0.39, 0.29) is 0 Å². The molecule has 4 nitrogen and oxygen atoms in total. The number of halogens is 1. The predicted molar refractivity (Wildman–Crippen MR) is 114 cm³/mol. The standard InChI is InChI=1S/C22H24BrN3O/c1-14-7-9-19(15(2)12-14)26-22-17(6-4-5-11-24-22)21(25-26)18-13-16(23)8-10-20(18)27-3/h7-10,12-13,24H,4-6,11H2,1-3H3. The lowest BCUT2D eigenvalue weighted by Crippen LogP contribution is -2.08. The molecule has 0 aliphatic carbocycles. The fourth-order valence-corrected chi connectivity index (χ4v) is 4.16. The highest BCUT2D eigenvalue weighted by atomic mass is 79.9. The molecule has 0 saturated heterocycles. The number of rotatable bonds is 3. The Labute approximate surface area is 168 Å². The van der Waals surface area contributed by atoms with E-state index < -0.39 is 0 Å². The third-order valence-electron chi connectivity index (χ3n) is 5.13. The van der Waals surface area contributed by atoms with Crippen LogP contribution in [0.15, 0.2) is 40.9 Å². The average Bonchev–Trinajstić information content (AvgIpc) is 2.83. The molecule has 0 atom stereocenters. The van der Waals surface area contributed by atoms with E-state index in [0.717, 1.165) is 58.8 Å². The van der Waals surface area contributed by atoms with Gasteiger partial charge in [-0.1, -0.05) is 33.6 Å². The van der Waals surface area contributed by atoms with Gasteiger partial charge in [0.05, 0.1) is 12.8 Å². The quantitative estimate of drug-likeness (QED) is 0.586. The lowest BCUT2D eigenvalue weighted by molar-refractivity contribution is 0.416. The number of aromatic nitrogens is 2. The molecular weight excluding hydrogens is 402 g/mol. The Bertz CT molecular complexity index is 993. The van der Waals surface area contributed by atoms with E-state index in [9.17, 15) is 0 Å². The largest absolute Gasteiger partial charge is 0.496 e. The first kappa shape index (κ1) is 18.1. The van der Waals surface area contributed by atoms with Crippen molar-refractivity contribution < 1.29 is 4.74 Å². The highest BCUT2D eigenvalue weighted by Gasteiger charge is 2.24. The van der Waals surface area contributed by atoms with Crippen LogP contribution in [0.1, 0.15) is 29.5 Å². The molecule has 1 aromatic heterocycles. The van der Waals surface area contributed by atoms with Gasteiger partial charge in [-0.25, -0.2) is 4.68 Å². The Kier molecular flexibility index (Phi) is 4.96. The van der Waals surface area contributed by atoms with Crippen molar-refractivity contribution in [2.75, 3.05) is 19.0 Å². The van der Waals surface area contributed by atoms with E-state index >= 15 is 0 Å². The third-order valence-corrected chi connectivity index (χ3v) is 5.62. The minimum absolute atomic E-state index is 0.843. The van der Waals surface area contributed by atoms with Gasteiger partial charge in [0, 0.05) is 22.1 Å². The van der Waals surface area contributed by atoms with E-state index in [4.69, 9.17) is 9.84 Å². The summed E-state index contributed by atoms with van der Waals surface area (Å²) in [6, 6.07) is 12.6. The second-order valence-corrected chi connectivity index (χ2v) is 8.02. The van der Waals surface area contributed by atoms with E-state index in [2.05, 4.69) is 64.0 Å². The Morgan fingerprint density at radius 1 is 1.11 bits per heavy atom. The Hall–Kier alpha value is -2.27. The Morgan fingerprint density at radius 2 is 1.96 bits per heavy atom. The van der Waals surface area contributed by atoms with Crippen molar-refractivity contribution in [1.82, 2.24) is 9.78 Å². The number of nitrogens with zero attached hydrogens (tertiary/aromatic N) is 2. The molecule has 2 aromatic carbocycles. The number of benzene rings is 2. The number of fused-ring (bicyclic) bond motifs is 1. The van der Waals surface area contributed by atoms with E-state index in [0.29, 0.717) is 0 Å². The summed E-state index contributed by atoms with van der Waals surface area (Å²) in [5, 5.41) is 8.69. The van der Waals surface area contributed by atoms with Crippen LogP contribution in [0.3, 0.4) is 0 Å². The summed E-state index contributed by atoms with van der Waals surface area (Å²) in [6.07, 6.45) is 3.33. The zero-order valence-corrected chi connectivity index (χ0v) is 17.6. The van der Waals surface area contributed by atoms with Gasteiger partial charge in [0.15, 0.2) is 0 Å². The van der Waals surface area contributed by atoms with Crippen molar-refractivity contribution in [3.8, 4) is 22.7 Å². The van der Waals surface area contributed by atoms with Crippen LogP contribution in [-0.4, -0.2) is 23.4 Å². The summed E-state index contributed by atoms with van der Waals surface area (Å²) >= 11 is 3.60. The normalized spacial score (nSPS) is 13.6. The van der Waals surface area contributed by atoms with Gasteiger partial charge in [-0.3, -0.25) is 0 Å². The second kappa shape index (κ2) is 7.39. The molecular formula is C22H24BrN3O. The van der Waals surface area contributed by atoms with E-state index in [1.54, 1.807) is 7.11 Å². The van der Waals surface area contributed by atoms with Crippen molar-refractivity contribution in [3.05, 3.63) is 57.6 Å². The second-order valence-electron chi connectivity index (χ2n) is 7.11. The number of nitrogens with one attached hydrogen (secondary N) is 1. The van der Waals surface area contributed by atoms with Crippen LogP contribution in [0.25, 0.3) is 16.9 Å². The monoisotopic (exact) mass is 425 g/mol. The first-order valence-corrected chi connectivity index (χ1v) is 10.1. The SMILES string of the molecule is COc1ccc(Br)cc1-c1nn(-c2ccc(C)cc2C)c2c1CCCCN2. The summed E-state index contributed by atoms with van der Waals surface area (Å²) < 4.78 is 8.74. The number of hydrogen-bond donors (Lipinski definition) is 1. The van der Waals surface area contributed by atoms with E-state index in [1.165, 1.54) is 16.7 Å². The molecule has 140 valence electrons. The number of aryl methyl sites for hydroxylation is 2. The maximum absolute atomic E-state index is 5.64. The Balaban J connectivity index is 1.96. The smallest absolute Gasteiger partial charge is 0.133 e. The summed E-state index contributed by atoms with van der Waals surface area (Å²) in [4.78, 5) is 0. The van der Waals surface area contributed by atoms with Crippen molar-refractivity contribution in [1.29, 1.82) is 0 Å². The molecule has 5 heteroatoms. The molecule has 0 amide bonds. The lowest BCUT2D eigenvalue weighted by Gasteiger charge is -2.12. The lowest BCUT2D eigenvalue weighted by atomic mass is 10.0. The maximum atomic E-state index is 5.64. The van der Waals surface area contributed by atoms with Gasteiger partial charge in [0.1, 0.15) is 17.3 Å². The number of hydrogen-bond acceptors (Lipinski definition) is 3. The molecule has 1 aliphatic rings. The van der Waals surface area contributed by atoms with Gasteiger partial charge in [0.2, 0.25) is 0 Å². The van der Waals surface area contributed by atoms with E-state index in [1.807, 2.05) is 12.1 Å². The van der Waals surface area contributed by atoms with Crippen LogP contribution in [0.5, 0.6) is 5.75 Å². The van der Waals surface area contributed by atoms with Crippen molar-refractivity contribution in [3.63, 3.8) is 0 Å². The molecule has 3 aromatic rings. The molecule has 0 fully saturated rings. The molecule has 0 bridgehead atoms. The molecule has 0 unspecified atom stereocenters. The summed E-state index contributed by atoms with van der Waals surface area (Å²) in [7, 11) is 1.71. The number of anilines is 1. The minimum atomic E-state index is 0.843. The molecule has 1 N–H and O–H groups in total. The summed E-state index contributed by atoms with van der Waals surface area (Å²) in [5.74, 6) is 1.95. The topological polar surface area (TPSA) is 39.1 Å². The van der Waals surface area contributed by atoms with Gasteiger partial charge >= 0.3 is 0 Å². The summed E-state index contributed by atoms with van der Waals surface area (Å²) in [5.41, 5.74) is 6.89. The van der Waals surface area contributed by atoms with Crippen LogP contribution in [0, 0.1) is 13.8 Å². The van der Waals surface area contributed by atoms with Crippen molar-refractivity contribution in [2.45, 2.75) is 33.1 Å². The predicted octanol–water partition coefficient (Wildman–Crippen LogP) is 5.68. The van der Waals surface area contributed by atoms with Gasteiger partial charge < -0.3 is 10.1 Å². The van der Waals surface area contributed by atoms with Gasteiger partial charge in [-0.05, 0) is 62.9 Å². The molecule has 0 radical (unpaired) electrons. The summed E-state index contributed by atoms with van der Waals surface area (Å²) in [6.45, 7) is 5.24. The number of ether oxygens (including phenoxy) is 1. The van der Waals surface area contributed by atoms with Crippen LogP contribution in [-0.2, 0) is 6.42 Å². The first-order chi connectivity index (χ1) is 13.1. The van der Waals surface area contributed by atoms with Crippen LogP contribution in [0.2, 0.25) is 0 Å². The van der Waals surface area contributed by atoms with Crippen LogP contribution < -0.4 is 10.1 Å². The van der Waals surface area contributed by atoms with Gasteiger partial charge in [0.25, 0.3) is 0 Å². The molecule has 27 heavy (non-hydrogen) atoms. The fraction of sp³-hybridized carbons (Fsp3) is 0.318. The van der Waals surface area contributed by atoms with Crippen LogP contribution >= 0.6 is 15.9 Å². The van der Waals surface area contributed by atoms with Gasteiger partial charge in [-0.2, -0.15) is 5.10 Å². The molecule has 1 aliphatic heterocycles. The molecule has 2 heterocycles. The molecule has 4 rings (SSSR count). The average molecular weight is 426 g/mol. The van der Waals surface area contributed by atoms with Crippen molar-refractivity contribution in [2.24, 2.45) is 0 Å². The minimum Gasteiger partial charge on any atom is -0.496 e. The first-order valence-electron chi connectivity index (χ1n) is 9.36. The third kappa shape index (κ3) is 3.36.